The minimum atomic E-state index is -1.06. The highest BCUT2D eigenvalue weighted by atomic mass is 32.1. The summed E-state index contributed by atoms with van der Waals surface area (Å²) in [6.45, 7) is 1.69. The molecule has 2 N–H and O–H groups in total. The summed E-state index contributed by atoms with van der Waals surface area (Å²) in [5.74, 6) is -1.46. The third kappa shape index (κ3) is 3.21. The lowest BCUT2D eigenvalue weighted by Gasteiger charge is -2.10. The fraction of sp³-hybridized carbons (Fsp3) is 0.200. The van der Waals surface area contributed by atoms with Crippen LogP contribution in [0.4, 0.5) is 0 Å². The van der Waals surface area contributed by atoms with Gasteiger partial charge in [0, 0.05) is 4.88 Å². The number of hydrogen-bond acceptors (Lipinski definition) is 3. The lowest BCUT2D eigenvalue weighted by molar-refractivity contribution is -0.141. The van der Waals surface area contributed by atoms with Crippen LogP contribution in [0.5, 0.6) is 0 Å². The summed E-state index contributed by atoms with van der Waals surface area (Å²) >= 11 is 1.30. The summed E-state index contributed by atoms with van der Waals surface area (Å²) < 4.78 is 0. The van der Waals surface area contributed by atoms with Crippen molar-refractivity contribution in [1.82, 2.24) is 5.32 Å². The van der Waals surface area contributed by atoms with Gasteiger partial charge < -0.3 is 10.4 Å². The second-order valence-corrected chi connectivity index (χ2v) is 3.77. The van der Waals surface area contributed by atoms with Gasteiger partial charge >= 0.3 is 5.97 Å². The Morgan fingerprint density at radius 1 is 1.60 bits per heavy atom. The van der Waals surface area contributed by atoms with E-state index in [-0.39, 0.29) is 0 Å². The molecule has 0 aliphatic carbocycles. The van der Waals surface area contributed by atoms with Gasteiger partial charge in [0.05, 0.1) is 0 Å². The molecule has 0 aliphatic heterocycles. The normalized spacial score (nSPS) is 12.6. The molecule has 15 heavy (non-hydrogen) atoms. The van der Waals surface area contributed by atoms with E-state index in [1.54, 1.807) is 30.5 Å². The first kappa shape index (κ1) is 11.5. The third-order valence-corrected chi connectivity index (χ3v) is 2.62. The van der Waals surface area contributed by atoms with Gasteiger partial charge in [-0.25, -0.2) is 4.79 Å². The predicted octanol–water partition coefficient (Wildman–Crippen LogP) is 1.57. The van der Waals surface area contributed by atoms with E-state index in [9.17, 15) is 9.59 Å². The first-order valence-electron chi connectivity index (χ1n) is 4.34. The van der Waals surface area contributed by atoms with Crippen LogP contribution in [-0.4, -0.2) is 17.0 Å². The monoisotopic (exact) mass is 225 g/mol. The molecule has 0 spiro atoms. The maximum Gasteiger partial charge on any atom is 0.331 e. The van der Waals surface area contributed by atoms with Crippen molar-refractivity contribution >= 4 is 23.2 Å². The molecule has 1 heterocycles. The van der Waals surface area contributed by atoms with Crippen molar-refractivity contribution in [3.63, 3.8) is 0 Å². The van der Waals surface area contributed by atoms with Crippen LogP contribution in [0.15, 0.2) is 29.7 Å². The smallest absolute Gasteiger partial charge is 0.331 e. The molecule has 0 saturated carbocycles. The molecule has 1 unspecified atom stereocenters. The van der Waals surface area contributed by atoms with Crippen LogP contribution in [0.2, 0.25) is 0 Å². The number of carbonyl (C=O) groups is 2. The summed E-state index contributed by atoms with van der Waals surface area (Å²) in [6.07, 6.45) is 2.85. The van der Waals surface area contributed by atoms with Crippen LogP contribution in [-0.2, 0) is 9.59 Å². The zero-order chi connectivity index (χ0) is 11.3. The number of carboxylic acid groups (broad SMARTS) is 1. The summed E-state index contributed by atoms with van der Waals surface area (Å²) in [5.41, 5.74) is 0. The maximum atomic E-state index is 11.2. The van der Waals surface area contributed by atoms with E-state index in [0.29, 0.717) is 4.88 Å². The number of rotatable bonds is 4. The Balaban J connectivity index is 2.77. The Morgan fingerprint density at radius 3 is 2.80 bits per heavy atom. The summed E-state index contributed by atoms with van der Waals surface area (Å²) in [5, 5.41) is 13.1. The fourth-order valence-electron chi connectivity index (χ4n) is 1.05. The van der Waals surface area contributed by atoms with Crippen molar-refractivity contribution in [2.24, 2.45) is 0 Å². The number of carboxylic acids is 1. The van der Waals surface area contributed by atoms with Crippen LogP contribution in [0.3, 0.4) is 0 Å². The predicted molar refractivity (Wildman–Crippen MR) is 57.7 cm³/mol. The van der Waals surface area contributed by atoms with Gasteiger partial charge in [-0.1, -0.05) is 12.1 Å². The summed E-state index contributed by atoms with van der Waals surface area (Å²) in [7, 11) is 0. The third-order valence-electron chi connectivity index (χ3n) is 1.68. The zero-order valence-electron chi connectivity index (χ0n) is 8.14. The average molecular weight is 225 g/mol. The van der Waals surface area contributed by atoms with Gasteiger partial charge in [-0.3, -0.25) is 4.79 Å². The number of amides is 1. The van der Waals surface area contributed by atoms with Crippen molar-refractivity contribution < 1.29 is 14.7 Å². The molecule has 0 fully saturated rings. The molecular weight excluding hydrogens is 214 g/mol. The number of carbonyl (C=O) groups excluding carboxylic acids is 1. The second kappa shape index (κ2) is 5.31. The minimum Gasteiger partial charge on any atom is -0.479 e. The van der Waals surface area contributed by atoms with Gasteiger partial charge in [-0.15, -0.1) is 11.3 Å². The quantitative estimate of drug-likeness (QED) is 0.764. The summed E-state index contributed by atoms with van der Waals surface area (Å²) in [6, 6.07) is 2.46. The SMILES string of the molecule is C/C=C/C(=O)NC(C(=O)O)c1cccs1. The van der Waals surface area contributed by atoms with Gasteiger partial charge in [-0.2, -0.15) is 0 Å². The van der Waals surface area contributed by atoms with Crippen molar-refractivity contribution in [2.75, 3.05) is 0 Å². The van der Waals surface area contributed by atoms with E-state index in [1.807, 2.05) is 0 Å². The first-order valence-corrected chi connectivity index (χ1v) is 5.22. The molecule has 0 aromatic carbocycles. The molecular formula is C10H11NO3S. The number of hydrogen-bond donors (Lipinski definition) is 2. The van der Waals surface area contributed by atoms with E-state index in [0.717, 1.165) is 0 Å². The molecule has 5 heteroatoms. The van der Waals surface area contributed by atoms with Crippen molar-refractivity contribution in [2.45, 2.75) is 13.0 Å². The molecule has 80 valence electrons. The number of nitrogens with one attached hydrogen (secondary N) is 1. The molecule has 0 bridgehead atoms. The van der Waals surface area contributed by atoms with Crippen LogP contribution in [0, 0.1) is 0 Å². The topological polar surface area (TPSA) is 66.4 Å². The lowest BCUT2D eigenvalue weighted by atomic mass is 10.2. The second-order valence-electron chi connectivity index (χ2n) is 2.80. The maximum absolute atomic E-state index is 11.2. The summed E-state index contributed by atoms with van der Waals surface area (Å²) in [4.78, 5) is 22.7. The molecule has 1 rings (SSSR count). The van der Waals surface area contributed by atoms with Gasteiger partial charge in [0.15, 0.2) is 6.04 Å². The fourth-order valence-corrected chi connectivity index (χ4v) is 1.82. The van der Waals surface area contributed by atoms with Crippen molar-refractivity contribution in [3.8, 4) is 0 Å². The largest absolute Gasteiger partial charge is 0.479 e. The van der Waals surface area contributed by atoms with E-state index in [1.165, 1.54) is 17.4 Å². The van der Waals surface area contributed by atoms with E-state index >= 15 is 0 Å². The average Bonchev–Trinajstić information content (AvgIpc) is 2.66. The first-order chi connectivity index (χ1) is 7.15. The molecule has 1 aromatic heterocycles. The number of thiophene rings is 1. The van der Waals surface area contributed by atoms with Gasteiger partial charge in [0.25, 0.3) is 0 Å². The Hall–Kier alpha value is -1.62. The highest BCUT2D eigenvalue weighted by Crippen LogP contribution is 2.18. The van der Waals surface area contributed by atoms with Crippen LogP contribution >= 0.6 is 11.3 Å². The van der Waals surface area contributed by atoms with Gasteiger partial charge in [0.2, 0.25) is 5.91 Å². The van der Waals surface area contributed by atoms with E-state index in [2.05, 4.69) is 5.32 Å². The Labute approximate surface area is 91.2 Å². The minimum absolute atomic E-state index is 0.404. The van der Waals surface area contributed by atoms with Gasteiger partial charge in [0.1, 0.15) is 0 Å². The van der Waals surface area contributed by atoms with Crippen LogP contribution < -0.4 is 5.32 Å². The molecule has 0 saturated heterocycles. The Morgan fingerprint density at radius 2 is 2.33 bits per heavy atom. The van der Waals surface area contributed by atoms with E-state index < -0.39 is 17.9 Å². The Bertz CT molecular complexity index is 370. The van der Waals surface area contributed by atoms with Crippen LogP contribution in [0.1, 0.15) is 17.8 Å². The lowest BCUT2D eigenvalue weighted by Crippen LogP contribution is -2.31. The van der Waals surface area contributed by atoms with Crippen LogP contribution in [0.25, 0.3) is 0 Å². The van der Waals surface area contributed by atoms with Crippen molar-refractivity contribution in [3.05, 3.63) is 34.5 Å². The van der Waals surface area contributed by atoms with E-state index in [4.69, 9.17) is 5.11 Å². The number of allylic oxidation sites excluding steroid dienone is 1. The highest BCUT2D eigenvalue weighted by molar-refractivity contribution is 7.10. The molecule has 1 atom stereocenters. The molecule has 0 aliphatic rings. The molecule has 0 radical (unpaired) electrons. The highest BCUT2D eigenvalue weighted by Gasteiger charge is 2.21. The number of aliphatic carboxylic acids is 1. The van der Waals surface area contributed by atoms with Crippen molar-refractivity contribution in [1.29, 1.82) is 0 Å². The van der Waals surface area contributed by atoms with Gasteiger partial charge in [-0.05, 0) is 24.4 Å². The molecule has 1 amide bonds. The Kier molecular flexibility index (Phi) is 4.05. The zero-order valence-corrected chi connectivity index (χ0v) is 8.95. The standard InChI is InChI=1S/C10H11NO3S/c1-2-4-8(12)11-9(10(13)14)7-5-3-6-15-7/h2-6,9H,1H3,(H,11,12)(H,13,14)/b4-2+. The molecule has 4 nitrogen and oxygen atoms in total. The molecule has 1 aromatic rings.